The van der Waals surface area contributed by atoms with Crippen LogP contribution in [0.15, 0.2) is 24.3 Å². The highest BCUT2D eigenvalue weighted by Crippen LogP contribution is 2.23. The maximum Gasteiger partial charge on any atom is 0.225 e. The van der Waals surface area contributed by atoms with Gasteiger partial charge in [0.2, 0.25) is 5.91 Å². The number of benzene rings is 1. The molecule has 2 rings (SSSR count). The molecule has 1 aliphatic carbocycles. The normalized spacial score (nSPS) is 16.4. The van der Waals surface area contributed by atoms with E-state index in [1.807, 2.05) is 6.07 Å². The molecule has 0 saturated heterocycles. The van der Waals surface area contributed by atoms with Crippen LogP contribution in [0.5, 0.6) is 0 Å². The molecule has 1 aromatic carbocycles. The van der Waals surface area contributed by atoms with E-state index in [0.717, 1.165) is 31.2 Å². The highest BCUT2D eigenvalue weighted by Gasteiger charge is 2.26. The zero-order valence-corrected chi connectivity index (χ0v) is 15.5. The van der Waals surface area contributed by atoms with Gasteiger partial charge >= 0.3 is 0 Å². The summed E-state index contributed by atoms with van der Waals surface area (Å²) in [5.41, 5.74) is 0.878. The molecule has 6 heteroatoms. The van der Waals surface area contributed by atoms with Crippen LogP contribution >= 0.6 is 0 Å². The molecule has 1 atom stereocenters. The third-order valence-electron chi connectivity index (χ3n) is 4.85. The van der Waals surface area contributed by atoms with Gasteiger partial charge < -0.3 is 19.5 Å². The molecule has 0 heterocycles. The highest BCUT2D eigenvalue weighted by molar-refractivity contribution is 5.76. The van der Waals surface area contributed by atoms with Crippen LogP contribution in [0.4, 0.5) is 4.39 Å². The monoisotopic (exact) mass is 367 g/mol. The van der Waals surface area contributed by atoms with Gasteiger partial charge in [-0.25, -0.2) is 4.39 Å². The molecule has 1 aromatic rings. The summed E-state index contributed by atoms with van der Waals surface area (Å²) in [6.07, 6.45) is 5.30. The Balaban J connectivity index is 1.74. The summed E-state index contributed by atoms with van der Waals surface area (Å²) in [5, 5.41) is 9.79. The minimum Gasteiger partial charge on any atom is -0.381 e. The molecule has 1 aliphatic rings. The Morgan fingerprint density at radius 3 is 2.77 bits per heavy atom. The van der Waals surface area contributed by atoms with Gasteiger partial charge in [-0.1, -0.05) is 31.4 Å². The number of carbonyl (C=O) groups is 1. The lowest BCUT2D eigenvalue weighted by Crippen LogP contribution is -2.46. The highest BCUT2D eigenvalue weighted by atomic mass is 19.1. The molecule has 26 heavy (non-hydrogen) atoms. The van der Waals surface area contributed by atoms with Crippen molar-refractivity contribution in [2.75, 3.05) is 26.9 Å². The van der Waals surface area contributed by atoms with E-state index >= 15 is 0 Å². The van der Waals surface area contributed by atoms with Crippen LogP contribution in [0.1, 0.15) is 44.1 Å². The molecule has 5 nitrogen and oxygen atoms in total. The number of rotatable bonds is 10. The number of hydrogen-bond acceptors (Lipinski definition) is 4. The number of methoxy groups -OCH3 is 1. The molecule has 1 fully saturated rings. The molecule has 146 valence electrons. The second-order valence-electron chi connectivity index (χ2n) is 6.77. The molecule has 0 radical (unpaired) electrons. The second-order valence-corrected chi connectivity index (χ2v) is 6.77. The van der Waals surface area contributed by atoms with Crippen LogP contribution in [-0.2, 0) is 20.7 Å². The number of amides is 1. The number of nitrogens with zero attached hydrogens (tertiary/aromatic N) is 1. The fourth-order valence-corrected chi connectivity index (χ4v) is 3.38. The lowest BCUT2D eigenvalue weighted by Gasteiger charge is -2.35. The summed E-state index contributed by atoms with van der Waals surface area (Å²) in [6, 6.07) is 6.61. The van der Waals surface area contributed by atoms with Crippen molar-refractivity contribution >= 4 is 5.91 Å². The Bertz CT molecular complexity index is 548. The van der Waals surface area contributed by atoms with Crippen molar-refractivity contribution in [3.8, 4) is 0 Å². The standard InChI is InChI=1S/C20H30FNO4/c1-25-20(24)15-22(18-8-3-2-4-9-18)19(23)11-13-26-12-10-16-6-5-7-17(21)14-16/h5-7,14,18,20,24H,2-4,8-13,15H2,1H3. The number of halogens is 1. The molecule has 1 unspecified atom stereocenters. The van der Waals surface area contributed by atoms with Gasteiger partial charge in [0.15, 0.2) is 6.29 Å². The molecule has 1 amide bonds. The number of aliphatic hydroxyl groups is 1. The first kappa shape index (κ1) is 20.8. The van der Waals surface area contributed by atoms with Crippen LogP contribution in [0.25, 0.3) is 0 Å². The van der Waals surface area contributed by atoms with Gasteiger partial charge in [-0.05, 0) is 37.0 Å². The summed E-state index contributed by atoms with van der Waals surface area (Å²) in [7, 11) is 1.43. The Kier molecular flexibility index (Phi) is 9.01. The van der Waals surface area contributed by atoms with Gasteiger partial charge in [-0.2, -0.15) is 0 Å². The van der Waals surface area contributed by atoms with Crippen LogP contribution in [0.3, 0.4) is 0 Å². The number of aliphatic hydroxyl groups excluding tert-OH is 1. The van der Waals surface area contributed by atoms with Crippen molar-refractivity contribution in [3.05, 3.63) is 35.6 Å². The first-order valence-corrected chi connectivity index (χ1v) is 9.42. The van der Waals surface area contributed by atoms with Crippen molar-refractivity contribution in [2.45, 2.75) is 57.3 Å². The second kappa shape index (κ2) is 11.3. The Morgan fingerprint density at radius 2 is 2.08 bits per heavy atom. The first-order chi connectivity index (χ1) is 12.6. The minimum atomic E-state index is -0.963. The summed E-state index contributed by atoms with van der Waals surface area (Å²) in [5.74, 6) is -0.267. The molecule has 0 bridgehead atoms. The van der Waals surface area contributed by atoms with Gasteiger partial charge in [-0.3, -0.25) is 4.79 Å². The summed E-state index contributed by atoms with van der Waals surface area (Å²) < 4.78 is 23.6. The minimum absolute atomic E-state index is 0.0150. The number of ether oxygens (including phenoxy) is 2. The van der Waals surface area contributed by atoms with E-state index in [0.29, 0.717) is 19.6 Å². The third kappa shape index (κ3) is 7.02. The largest absolute Gasteiger partial charge is 0.381 e. The first-order valence-electron chi connectivity index (χ1n) is 9.42. The molecule has 0 aliphatic heterocycles. The van der Waals surface area contributed by atoms with Crippen molar-refractivity contribution in [2.24, 2.45) is 0 Å². The Hall–Kier alpha value is -1.50. The summed E-state index contributed by atoms with van der Waals surface area (Å²) in [4.78, 5) is 14.4. The van der Waals surface area contributed by atoms with E-state index in [1.54, 1.807) is 11.0 Å². The lowest BCUT2D eigenvalue weighted by molar-refractivity contribution is -0.146. The van der Waals surface area contributed by atoms with E-state index in [4.69, 9.17) is 9.47 Å². The van der Waals surface area contributed by atoms with Gasteiger partial charge in [-0.15, -0.1) is 0 Å². The number of hydrogen-bond donors (Lipinski definition) is 1. The molecular weight excluding hydrogens is 337 g/mol. The molecule has 1 N–H and O–H groups in total. The van der Waals surface area contributed by atoms with Gasteiger partial charge in [0.05, 0.1) is 26.2 Å². The molecule has 0 spiro atoms. The topological polar surface area (TPSA) is 59.0 Å². The van der Waals surface area contributed by atoms with Crippen molar-refractivity contribution < 1.29 is 23.8 Å². The van der Waals surface area contributed by atoms with Gasteiger partial charge in [0.1, 0.15) is 5.82 Å². The van der Waals surface area contributed by atoms with Crippen molar-refractivity contribution in [1.29, 1.82) is 0 Å². The van der Waals surface area contributed by atoms with Crippen LogP contribution < -0.4 is 0 Å². The van der Waals surface area contributed by atoms with E-state index in [2.05, 4.69) is 0 Å². The predicted octanol–water partition coefficient (Wildman–Crippen LogP) is 2.90. The zero-order valence-electron chi connectivity index (χ0n) is 15.5. The van der Waals surface area contributed by atoms with Crippen LogP contribution in [-0.4, -0.2) is 55.1 Å². The van der Waals surface area contributed by atoms with E-state index in [-0.39, 0.29) is 30.7 Å². The van der Waals surface area contributed by atoms with Gasteiger partial charge in [0.25, 0.3) is 0 Å². The van der Waals surface area contributed by atoms with Crippen LogP contribution in [0.2, 0.25) is 0 Å². The zero-order chi connectivity index (χ0) is 18.8. The average Bonchev–Trinajstić information content (AvgIpc) is 2.66. The average molecular weight is 367 g/mol. The Labute approximate surface area is 155 Å². The quantitative estimate of drug-likeness (QED) is 0.510. The third-order valence-corrected chi connectivity index (χ3v) is 4.85. The SMILES string of the molecule is COC(O)CN(C(=O)CCOCCc1cccc(F)c1)C1CCCCC1. The Morgan fingerprint density at radius 1 is 1.31 bits per heavy atom. The smallest absolute Gasteiger partial charge is 0.225 e. The molecule has 1 saturated carbocycles. The van der Waals surface area contributed by atoms with Gasteiger partial charge in [0, 0.05) is 13.2 Å². The maximum atomic E-state index is 13.1. The number of carbonyl (C=O) groups excluding carboxylic acids is 1. The summed E-state index contributed by atoms with van der Waals surface area (Å²) in [6.45, 7) is 0.963. The van der Waals surface area contributed by atoms with Crippen molar-refractivity contribution in [1.82, 2.24) is 4.90 Å². The molecule has 0 aromatic heterocycles. The van der Waals surface area contributed by atoms with E-state index < -0.39 is 6.29 Å². The lowest BCUT2D eigenvalue weighted by atomic mass is 9.94. The predicted molar refractivity (Wildman–Crippen MR) is 97.1 cm³/mol. The fraction of sp³-hybridized carbons (Fsp3) is 0.650. The maximum absolute atomic E-state index is 13.1. The van der Waals surface area contributed by atoms with Crippen molar-refractivity contribution in [3.63, 3.8) is 0 Å². The van der Waals surface area contributed by atoms with Crippen LogP contribution in [0, 0.1) is 5.82 Å². The fourth-order valence-electron chi connectivity index (χ4n) is 3.38. The molecular formula is C20H30FNO4. The summed E-state index contributed by atoms with van der Waals surface area (Å²) >= 11 is 0. The van der Waals surface area contributed by atoms with E-state index in [9.17, 15) is 14.3 Å². The van der Waals surface area contributed by atoms with E-state index in [1.165, 1.54) is 25.7 Å².